The van der Waals surface area contributed by atoms with Crippen LogP contribution in [0, 0.1) is 11.1 Å². The predicted octanol–water partition coefficient (Wildman–Crippen LogP) is 1.65. The highest BCUT2D eigenvalue weighted by Crippen LogP contribution is 2.08. The molecule has 0 unspecified atom stereocenters. The molecule has 0 radical (unpaired) electrons. The van der Waals surface area contributed by atoms with Gasteiger partial charge >= 0.3 is 5.97 Å². The van der Waals surface area contributed by atoms with Crippen LogP contribution in [0.1, 0.15) is 42.3 Å². The fourth-order valence-corrected chi connectivity index (χ4v) is 1.63. The van der Waals surface area contributed by atoms with Crippen molar-refractivity contribution in [2.24, 2.45) is 5.92 Å². The first-order valence-corrected chi connectivity index (χ1v) is 6.72. The summed E-state index contributed by atoms with van der Waals surface area (Å²) in [6.45, 7) is 4.16. The van der Waals surface area contributed by atoms with E-state index in [9.17, 15) is 10.0 Å². The lowest BCUT2D eigenvalue weighted by atomic mass is 10.1. The summed E-state index contributed by atoms with van der Waals surface area (Å²) >= 11 is 0. The lowest BCUT2D eigenvalue weighted by molar-refractivity contribution is -0.605. The first kappa shape index (κ1) is 15.0. The minimum absolute atomic E-state index is 0.0836. The van der Waals surface area contributed by atoms with E-state index >= 15 is 0 Å². The molecule has 0 saturated carbocycles. The summed E-state index contributed by atoms with van der Waals surface area (Å²) < 4.78 is 10.6. The molecule has 21 heavy (non-hydrogen) atoms. The quantitative estimate of drug-likeness (QED) is 0.456. The second-order valence-electron chi connectivity index (χ2n) is 5.06. The molecule has 2 heterocycles. The first-order chi connectivity index (χ1) is 10.0. The van der Waals surface area contributed by atoms with Crippen LogP contribution in [0.4, 0.5) is 0 Å². The number of ether oxygens (including phenoxy) is 1. The van der Waals surface area contributed by atoms with E-state index in [0.717, 1.165) is 12.8 Å². The van der Waals surface area contributed by atoms with Gasteiger partial charge in [-0.05, 0) is 12.3 Å². The van der Waals surface area contributed by atoms with Gasteiger partial charge in [0.25, 0.3) is 5.89 Å². The molecule has 0 aliphatic rings. The molecule has 0 aliphatic carbocycles. The third-order valence-corrected chi connectivity index (χ3v) is 2.82. The fourth-order valence-electron chi connectivity index (χ4n) is 1.63. The normalized spacial score (nSPS) is 10.8. The van der Waals surface area contributed by atoms with Gasteiger partial charge in [0, 0.05) is 18.6 Å². The van der Waals surface area contributed by atoms with Gasteiger partial charge in [0.2, 0.25) is 0 Å². The molecule has 0 fully saturated rings. The average molecular weight is 291 g/mol. The number of aromatic nitrogens is 3. The molecular formula is C14H17N3O4. The SMILES string of the molecule is CC(C)CCc1noc(COC(=O)c2cc[n+]([O-])cc2)n1. The average Bonchev–Trinajstić information content (AvgIpc) is 2.91. The van der Waals surface area contributed by atoms with Crippen molar-refractivity contribution in [1.29, 1.82) is 0 Å². The van der Waals surface area contributed by atoms with Gasteiger partial charge in [-0.1, -0.05) is 19.0 Å². The van der Waals surface area contributed by atoms with Crippen molar-refractivity contribution in [3.8, 4) is 0 Å². The summed E-state index contributed by atoms with van der Waals surface area (Å²) in [4.78, 5) is 15.9. The van der Waals surface area contributed by atoms with Crippen LogP contribution in [0.25, 0.3) is 0 Å². The van der Waals surface area contributed by atoms with Crippen LogP contribution in [0.2, 0.25) is 0 Å². The second-order valence-corrected chi connectivity index (χ2v) is 5.06. The van der Waals surface area contributed by atoms with Crippen LogP contribution < -0.4 is 4.73 Å². The maximum atomic E-state index is 11.7. The van der Waals surface area contributed by atoms with Gasteiger partial charge in [-0.3, -0.25) is 0 Å². The van der Waals surface area contributed by atoms with Gasteiger partial charge in [0.15, 0.2) is 24.8 Å². The summed E-state index contributed by atoms with van der Waals surface area (Å²) in [5.41, 5.74) is 0.293. The summed E-state index contributed by atoms with van der Waals surface area (Å²) in [6, 6.07) is 2.77. The molecule has 7 heteroatoms. The van der Waals surface area contributed by atoms with Crippen LogP contribution in [-0.4, -0.2) is 16.1 Å². The third-order valence-electron chi connectivity index (χ3n) is 2.82. The Labute approximate surface area is 122 Å². The second kappa shape index (κ2) is 6.83. The molecule has 2 aromatic rings. The van der Waals surface area contributed by atoms with Crippen molar-refractivity contribution in [1.82, 2.24) is 10.1 Å². The van der Waals surface area contributed by atoms with E-state index in [2.05, 4.69) is 24.0 Å². The minimum atomic E-state index is -0.544. The zero-order valence-electron chi connectivity index (χ0n) is 12.0. The molecule has 2 aromatic heterocycles. The monoisotopic (exact) mass is 291 g/mol. The standard InChI is InChI=1S/C14H17N3O4/c1-10(2)3-4-12-15-13(21-16-12)9-20-14(18)11-5-7-17(19)8-6-11/h5-8,10H,3-4,9H2,1-2H3. The van der Waals surface area contributed by atoms with Gasteiger partial charge in [0.1, 0.15) is 0 Å². The number of hydrogen-bond donors (Lipinski definition) is 0. The molecule has 0 bridgehead atoms. The number of rotatable bonds is 6. The largest absolute Gasteiger partial charge is 0.619 e. The number of carbonyl (C=O) groups excluding carboxylic acids is 1. The molecule has 0 N–H and O–H groups in total. The lowest BCUT2D eigenvalue weighted by Crippen LogP contribution is -2.24. The molecule has 0 amide bonds. The van der Waals surface area contributed by atoms with Gasteiger partial charge in [-0.2, -0.15) is 9.71 Å². The zero-order valence-corrected chi connectivity index (χ0v) is 12.0. The Bertz CT molecular complexity index is 593. The van der Waals surface area contributed by atoms with E-state index in [1.54, 1.807) is 0 Å². The van der Waals surface area contributed by atoms with E-state index in [1.807, 2.05) is 0 Å². The van der Waals surface area contributed by atoms with E-state index in [4.69, 9.17) is 9.26 Å². The Morgan fingerprint density at radius 3 is 2.81 bits per heavy atom. The molecule has 2 rings (SSSR count). The molecule has 0 aliphatic heterocycles. The molecule has 7 nitrogen and oxygen atoms in total. The van der Waals surface area contributed by atoms with Crippen molar-refractivity contribution >= 4 is 5.97 Å². The van der Waals surface area contributed by atoms with Gasteiger partial charge in [-0.15, -0.1) is 0 Å². The maximum Gasteiger partial charge on any atom is 0.339 e. The van der Waals surface area contributed by atoms with Crippen LogP contribution in [-0.2, 0) is 17.8 Å². The molecule has 0 saturated heterocycles. The van der Waals surface area contributed by atoms with Crippen molar-refractivity contribution in [3.63, 3.8) is 0 Å². The van der Waals surface area contributed by atoms with Crippen molar-refractivity contribution in [2.75, 3.05) is 0 Å². The third kappa shape index (κ3) is 4.55. The molecule has 0 aromatic carbocycles. The molecular weight excluding hydrogens is 274 g/mol. The topological polar surface area (TPSA) is 92.2 Å². The lowest BCUT2D eigenvalue weighted by Gasteiger charge is -2.01. The minimum Gasteiger partial charge on any atom is -0.619 e. The van der Waals surface area contributed by atoms with Crippen molar-refractivity contribution in [2.45, 2.75) is 33.3 Å². The van der Waals surface area contributed by atoms with Crippen LogP contribution in [0.15, 0.2) is 29.0 Å². The highest BCUT2D eigenvalue weighted by molar-refractivity contribution is 5.88. The van der Waals surface area contributed by atoms with E-state index in [-0.39, 0.29) is 12.5 Å². The number of pyridine rings is 1. The Balaban J connectivity index is 1.85. The summed E-state index contributed by atoms with van der Waals surface area (Å²) in [5.74, 6) is 0.892. The highest BCUT2D eigenvalue weighted by Gasteiger charge is 2.12. The smallest absolute Gasteiger partial charge is 0.339 e. The number of esters is 1. The number of carbonyl (C=O) groups is 1. The van der Waals surface area contributed by atoms with Crippen LogP contribution in [0.5, 0.6) is 0 Å². The summed E-state index contributed by atoms with van der Waals surface area (Å²) in [6.07, 6.45) is 4.16. The number of nitrogens with zero attached hydrogens (tertiary/aromatic N) is 3. The predicted molar refractivity (Wildman–Crippen MR) is 72.0 cm³/mol. The van der Waals surface area contributed by atoms with Gasteiger partial charge in [0.05, 0.1) is 5.56 Å². The van der Waals surface area contributed by atoms with Crippen LogP contribution >= 0.6 is 0 Å². The number of aryl methyl sites for hydroxylation is 1. The Kier molecular flexibility index (Phi) is 4.86. The highest BCUT2D eigenvalue weighted by atomic mass is 16.6. The Hall–Kier alpha value is -2.44. The number of hydrogen-bond acceptors (Lipinski definition) is 6. The van der Waals surface area contributed by atoms with E-state index in [1.165, 1.54) is 24.5 Å². The van der Waals surface area contributed by atoms with Crippen molar-refractivity contribution < 1.29 is 18.8 Å². The molecule has 0 spiro atoms. The fraction of sp³-hybridized carbons (Fsp3) is 0.429. The Morgan fingerprint density at radius 1 is 1.43 bits per heavy atom. The Morgan fingerprint density at radius 2 is 2.14 bits per heavy atom. The summed E-state index contributed by atoms with van der Waals surface area (Å²) in [7, 11) is 0. The zero-order chi connectivity index (χ0) is 15.2. The van der Waals surface area contributed by atoms with Crippen molar-refractivity contribution in [3.05, 3.63) is 47.0 Å². The first-order valence-electron chi connectivity index (χ1n) is 6.72. The molecule has 0 atom stereocenters. The maximum absolute atomic E-state index is 11.7. The van der Waals surface area contributed by atoms with E-state index in [0.29, 0.717) is 22.0 Å². The van der Waals surface area contributed by atoms with Crippen LogP contribution in [0.3, 0.4) is 0 Å². The van der Waals surface area contributed by atoms with Gasteiger partial charge < -0.3 is 14.5 Å². The van der Waals surface area contributed by atoms with Gasteiger partial charge in [-0.25, -0.2) is 4.79 Å². The molecule has 112 valence electrons. The summed E-state index contributed by atoms with van der Waals surface area (Å²) in [5, 5.41) is 14.7. The van der Waals surface area contributed by atoms with E-state index < -0.39 is 5.97 Å².